The molecule has 0 aliphatic rings. The first-order valence-electron chi connectivity index (χ1n) is 5.86. The van der Waals surface area contributed by atoms with Gasteiger partial charge in [0.2, 0.25) is 0 Å². The quantitative estimate of drug-likeness (QED) is 0.843. The maximum Gasteiger partial charge on any atom is 0.260 e. The van der Waals surface area contributed by atoms with Gasteiger partial charge < -0.3 is 10.1 Å². The zero-order valence-corrected chi connectivity index (χ0v) is 13.8. The first kappa shape index (κ1) is 15.5. The van der Waals surface area contributed by atoms with Crippen molar-refractivity contribution < 1.29 is 9.53 Å². The average molecular weight is 379 g/mol. The van der Waals surface area contributed by atoms with Gasteiger partial charge in [-0.1, -0.05) is 22.9 Å². The molecule has 1 amide bonds. The minimum absolute atomic E-state index is 0.0980. The number of carbonyl (C=O) groups excluding carboxylic acids is 1. The van der Waals surface area contributed by atoms with Crippen molar-refractivity contribution in [1.29, 1.82) is 0 Å². The van der Waals surface area contributed by atoms with Crippen LogP contribution in [0.15, 0.2) is 27.1 Å². The van der Waals surface area contributed by atoms with Crippen LogP contribution < -0.4 is 10.1 Å². The van der Waals surface area contributed by atoms with Crippen LogP contribution in [0.1, 0.15) is 27.2 Å². The summed E-state index contributed by atoms with van der Waals surface area (Å²) >= 11 is 6.77. The van der Waals surface area contributed by atoms with Gasteiger partial charge in [-0.25, -0.2) is 0 Å². The Morgan fingerprint density at radius 2 is 2.06 bits per heavy atom. The molecule has 5 heteroatoms. The maximum atomic E-state index is 11.8. The van der Waals surface area contributed by atoms with Crippen molar-refractivity contribution in [3.05, 3.63) is 27.1 Å². The van der Waals surface area contributed by atoms with Crippen LogP contribution in [0.4, 0.5) is 0 Å². The molecular weight excluding hydrogens is 362 g/mol. The molecule has 1 N–H and O–H groups in total. The van der Waals surface area contributed by atoms with Crippen LogP contribution in [0.5, 0.6) is 5.75 Å². The van der Waals surface area contributed by atoms with Crippen molar-refractivity contribution in [3.8, 4) is 5.75 Å². The number of amides is 1. The number of nitrogens with one attached hydrogen (secondary N) is 1. The number of hydrogen-bond acceptors (Lipinski definition) is 2. The molecule has 1 rings (SSSR count). The summed E-state index contributed by atoms with van der Waals surface area (Å²) in [5.41, 5.74) is 0. The van der Waals surface area contributed by atoms with Gasteiger partial charge in [0.25, 0.3) is 5.91 Å². The molecule has 0 aliphatic carbocycles. The maximum absolute atomic E-state index is 11.8. The van der Waals surface area contributed by atoms with E-state index in [0.717, 1.165) is 15.4 Å². The molecule has 0 aromatic heterocycles. The predicted octanol–water partition coefficient (Wildman–Crippen LogP) is 3.89. The van der Waals surface area contributed by atoms with E-state index in [9.17, 15) is 4.79 Å². The minimum atomic E-state index is -0.517. The van der Waals surface area contributed by atoms with Crippen LogP contribution in [0, 0.1) is 0 Å². The fourth-order valence-electron chi connectivity index (χ4n) is 1.28. The first-order valence-corrected chi connectivity index (χ1v) is 7.44. The highest BCUT2D eigenvalue weighted by atomic mass is 79.9. The Bertz CT molecular complexity index is 423. The predicted molar refractivity (Wildman–Crippen MR) is 79.8 cm³/mol. The van der Waals surface area contributed by atoms with E-state index in [1.807, 2.05) is 32.0 Å². The highest BCUT2D eigenvalue weighted by Crippen LogP contribution is 2.28. The van der Waals surface area contributed by atoms with Crippen LogP contribution in [0.25, 0.3) is 0 Å². The van der Waals surface area contributed by atoms with E-state index < -0.39 is 6.10 Å². The van der Waals surface area contributed by atoms with Gasteiger partial charge in [0.05, 0.1) is 4.47 Å². The second-order valence-electron chi connectivity index (χ2n) is 4.15. The topological polar surface area (TPSA) is 38.3 Å². The van der Waals surface area contributed by atoms with Crippen LogP contribution in [0.3, 0.4) is 0 Å². The molecule has 0 spiro atoms. The van der Waals surface area contributed by atoms with E-state index in [1.165, 1.54) is 0 Å². The standard InChI is InChI=1S/C13H17Br2NO2/c1-4-8(2)16-13(17)9(3)18-12-6-5-10(14)7-11(12)15/h5-9H,4H2,1-3H3,(H,16,17)/t8-,9+/m1/s1. The van der Waals surface area contributed by atoms with E-state index in [1.54, 1.807) is 6.92 Å². The molecular formula is C13H17Br2NO2. The Hall–Kier alpha value is -0.550. The second-order valence-corrected chi connectivity index (χ2v) is 5.92. The zero-order valence-electron chi connectivity index (χ0n) is 10.7. The van der Waals surface area contributed by atoms with E-state index in [0.29, 0.717) is 5.75 Å². The van der Waals surface area contributed by atoms with E-state index in [2.05, 4.69) is 37.2 Å². The van der Waals surface area contributed by atoms with Gasteiger partial charge >= 0.3 is 0 Å². The van der Waals surface area contributed by atoms with Crippen molar-refractivity contribution in [2.24, 2.45) is 0 Å². The van der Waals surface area contributed by atoms with Crippen molar-refractivity contribution in [2.45, 2.75) is 39.3 Å². The minimum Gasteiger partial charge on any atom is -0.480 e. The molecule has 18 heavy (non-hydrogen) atoms. The third-order valence-corrected chi connectivity index (χ3v) is 3.68. The molecule has 0 heterocycles. The number of rotatable bonds is 5. The van der Waals surface area contributed by atoms with Crippen LogP contribution >= 0.6 is 31.9 Å². The van der Waals surface area contributed by atoms with Crippen LogP contribution in [-0.4, -0.2) is 18.1 Å². The monoisotopic (exact) mass is 377 g/mol. The lowest BCUT2D eigenvalue weighted by atomic mass is 10.2. The fraction of sp³-hybridized carbons (Fsp3) is 0.462. The number of carbonyl (C=O) groups is 1. The summed E-state index contributed by atoms with van der Waals surface area (Å²) in [6.45, 7) is 5.74. The van der Waals surface area contributed by atoms with Gasteiger partial charge in [-0.3, -0.25) is 4.79 Å². The molecule has 100 valence electrons. The Morgan fingerprint density at radius 1 is 1.39 bits per heavy atom. The lowest BCUT2D eigenvalue weighted by Gasteiger charge is -2.18. The Morgan fingerprint density at radius 3 is 2.61 bits per heavy atom. The van der Waals surface area contributed by atoms with Gasteiger partial charge in [-0.05, 0) is 54.4 Å². The van der Waals surface area contributed by atoms with E-state index >= 15 is 0 Å². The third-order valence-electron chi connectivity index (χ3n) is 2.57. The third kappa shape index (κ3) is 4.61. The normalized spacial score (nSPS) is 13.8. The lowest BCUT2D eigenvalue weighted by molar-refractivity contribution is -0.127. The molecule has 0 bridgehead atoms. The SMILES string of the molecule is CC[C@@H](C)NC(=O)[C@H](C)Oc1ccc(Br)cc1Br. The summed E-state index contributed by atoms with van der Waals surface area (Å²) in [6, 6.07) is 5.74. The fourth-order valence-corrected chi connectivity index (χ4v) is 2.42. The molecule has 0 saturated heterocycles. The van der Waals surface area contributed by atoms with Crippen molar-refractivity contribution in [3.63, 3.8) is 0 Å². The van der Waals surface area contributed by atoms with Gasteiger partial charge in [-0.15, -0.1) is 0 Å². The summed E-state index contributed by atoms with van der Waals surface area (Å²) in [5.74, 6) is 0.559. The molecule has 0 radical (unpaired) electrons. The van der Waals surface area contributed by atoms with Crippen LogP contribution in [-0.2, 0) is 4.79 Å². The molecule has 0 fully saturated rings. The first-order chi connectivity index (χ1) is 8.43. The molecule has 0 aliphatic heterocycles. The van der Waals surface area contributed by atoms with Gasteiger partial charge in [-0.2, -0.15) is 0 Å². The summed E-state index contributed by atoms with van der Waals surface area (Å²) in [7, 11) is 0. The van der Waals surface area contributed by atoms with Crippen molar-refractivity contribution in [1.82, 2.24) is 5.32 Å². The number of benzene rings is 1. The Kier molecular flexibility index (Phi) is 6.15. The average Bonchev–Trinajstić information content (AvgIpc) is 2.32. The summed E-state index contributed by atoms with van der Waals surface area (Å²) < 4.78 is 7.40. The molecule has 0 saturated carbocycles. The summed E-state index contributed by atoms with van der Waals surface area (Å²) in [5, 5.41) is 2.89. The van der Waals surface area contributed by atoms with E-state index in [4.69, 9.17) is 4.74 Å². The van der Waals surface area contributed by atoms with Gasteiger partial charge in [0.1, 0.15) is 5.75 Å². The number of ether oxygens (including phenoxy) is 1. The van der Waals surface area contributed by atoms with Crippen LogP contribution in [0.2, 0.25) is 0 Å². The van der Waals surface area contributed by atoms with Gasteiger partial charge in [0, 0.05) is 10.5 Å². The highest BCUT2D eigenvalue weighted by Gasteiger charge is 2.17. The summed E-state index contributed by atoms with van der Waals surface area (Å²) in [4.78, 5) is 11.8. The van der Waals surface area contributed by atoms with Crippen molar-refractivity contribution >= 4 is 37.8 Å². The number of hydrogen-bond donors (Lipinski definition) is 1. The smallest absolute Gasteiger partial charge is 0.260 e. The zero-order chi connectivity index (χ0) is 13.7. The van der Waals surface area contributed by atoms with Gasteiger partial charge in [0.15, 0.2) is 6.10 Å². The molecule has 1 aromatic rings. The van der Waals surface area contributed by atoms with E-state index in [-0.39, 0.29) is 11.9 Å². The largest absolute Gasteiger partial charge is 0.480 e. The van der Waals surface area contributed by atoms with Crippen molar-refractivity contribution in [2.75, 3.05) is 0 Å². The second kappa shape index (κ2) is 7.14. The number of halogens is 2. The highest BCUT2D eigenvalue weighted by molar-refractivity contribution is 9.11. The molecule has 2 atom stereocenters. The molecule has 1 aromatic carbocycles. The lowest BCUT2D eigenvalue weighted by Crippen LogP contribution is -2.41. The molecule has 3 nitrogen and oxygen atoms in total. The Labute approximate surface area is 125 Å². The Balaban J connectivity index is 2.63. The molecule has 0 unspecified atom stereocenters. The summed E-state index contributed by atoms with van der Waals surface area (Å²) in [6.07, 6.45) is 0.386.